The van der Waals surface area contributed by atoms with Crippen molar-refractivity contribution >= 4 is 28.1 Å². The second-order valence-corrected chi connectivity index (χ2v) is 5.93. The molecule has 8 heteroatoms. The molecule has 0 saturated carbocycles. The van der Waals surface area contributed by atoms with Crippen LogP contribution in [0, 0.1) is 0 Å². The molecule has 0 radical (unpaired) electrons. The Labute approximate surface area is 146 Å². The summed E-state index contributed by atoms with van der Waals surface area (Å²) in [4.78, 5) is 42.5. The molecule has 0 unspecified atom stereocenters. The first kappa shape index (κ1) is 15.8. The molecule has 2 N–H and O–H groups in total. The number of anilines is 1. The molecule has 2 aromatic heterocycles. The van der Waals surface area contributed by atoms with Crippen LogP contribution in [0.4, 0.5) is 5.69 Å². The zero-order valence-corrected chi connectivity index (χ0v) is 13.9. The van der Waals surface area contributed by atoms with Gasteiger partial charge in [0.25, 0.3) is 0 Å². The molecule has 130 valence electrons. The summed E-state index contributed by atoms with van der Waals surface area (Å²) < 4.78 is 2.44. The Kier molecular flexibility index (Phi) is 3.65. The Hall–Kier alpha value is -3.68. The predicted octanol–water partition coefficient (Wildman–Crippen LogP) is 1.06. The number of fused-ring (bicyclic) bond motifs is 2. The number of nitrogens with one attached hydrogen (secondary N) is 2. The van der Waals surface area contributed by atoms with Crippen LogP contribution in [0.2, 0.25) is 0 Å². The van der Waals surface area contributed by atoms with Gasteiger partial charge in [0.2, 0.25) is 11.7 Å². The first-order valence-corrected chi connectivity index (χ1v) is 7.98. The van der Waals surface area contributed by atoms with Gasteiger partial charge in [-0.05, 0) is 11.5 Å². The molecule has 4 rings (SSSR count). The van der Waals surface area contributed by atoms with Gasteiger partial charge in [0.15, 0.2) is 0 Å². The number of rotatable bonds is 3. The maximum atomic E-state index is 12.5. The molecule has 0 aliphatic carbocycles. The smallest absolute Gasteiger partial charge is 0.325 e. The van der Waals surface area contributed by atoms with Gasteiger partial charge in [0.1, 0.15) is 0 Å². The maximum absolute atomic E-state index is 12.5. The van der Waals surface area contributed by atoms with E-state index in [4.69, 9.17) is 0 Å². The van der Waals surface area contributed by atoms with Crippen molar-refractivity contribution in [3.05, 3.63) is 75.3 Å². The maximum Gasteiger partial charge on any atom is 0.336 e. The molecule has 26 heavy (non-hydrogen) atoms. The minimum atomic E-state index is -0.617. The lowest BCUT2D eigenvalue weighted by Crippen LogP contribution is -2.34. The number of hydrogen-bond acceptors (Lipinski definition) is 4. The van der Waals surface area contributed by atoms with Crippen LogP contribution in [0.1, 0.15) is 5.69 Å². The molecule has 0 fully saturated rings. The Morgan fingerprint density at radius 1 is 1.12 bits per heavy atom. The summed E-state index contributed by atoms with van der Waals surface area (Å²) in [6.45, 7) is 0. The molecule has 0 atom stereocenters. The Balaban J connectivity index is 1.67. The number of aromatic amines is 1. The van der Waals surface area contributed by atoms with Crippen LogP contribution in [0.25, 0.3) is 16.6 Å². The SMILES string of the molecule is Cn1c(=O)[nH]c(=O)n2c(CC(=O)Nc3cccc4ccccc34)cnc12. The monoisotopic (exact) mass is 349 g/mol. The first-order valence-electron chi connectivity index (χ1n) is 7.98. The number of imidazole rings is 1. The van der Waals surface area contributed by atoms with Crippen LogP contribution in [0.3, 0.4) is 0 Å². The summed E-state index contributed by atoms with van der Waals surface area (Å²) in [7, 11) is 1.50. The zero-order chi connectivity index (χ0) is 18.3. The number of aromatic nitrogens is 4. The zero-order valence-electron chi connectivity index (χ0n) is 13.9. The molecule has 8 nitrogen and oxygen atoms in total. The second-order valence-electron chi connectivity index (χ2n) is 5.93. The van der Waals surface area contributed by atoms with Gasteiger partial charge in [0, 0.05) is 18.1 Å². The van der Waals surface area contributed by atoms with Gasteiger partial charge >= 0.3 is 11.4 Å². The minimum Gasteiger partial charge on any atom is -0.325 e. The van der Waals surface area contributed by atoms with Crippen molar-refractivity contribution in [2.24, 2.45) is 7.05 Å². The van der Waals surface area contributed by atoms with Gasteiger partial charge in [-0.2, -0.15) is 0 Å². The third-order valence-electron chi connectivity index (χ3n) is 4.24. The van der Waals surface area contributed by atoms with Crippen molar-refractivity contribution in [1.82, 2.24) is 18.9 Å². The topological polar surface area (TPSA) is 101 Å². The predicted molar refractivity (Wildman–Crippen MR) is 97.3 cm³/mol. The quantitative estimate of drug-likeness (QED) is 0.577. The number of H-pyrrole nitrogens is 1. The Morgan fingerprint density at radius 3 is 2.73 bits per heavy atom. The van der Waals surface area contributed by atoms with Crippen molar-refractivity contribution in [2.75, 3.05) is 5.32 Å². The average molecular weight is 349 g/mol. The molecular formula is C18H15N5O3. The fourth-order valence-electron chi connectivity index (χ4n) is 2.97. The molecule has 0 bridgehead atoms. The highest BCUT2D eigenvalue weighted by Gasteiger charge is 2.14. The van der Waals surface area contributed by atoms with Crippen molar-refractivity contribution in [2.45, 2.75) is 6.42 Å². The number of carbonyl (C=O) groups is 1. The Bertz CT molecular complexity index is 1260. The number of nitrogens with zero attached hydrogens (tertiary/aromatic N) is 3. The lowest BCUT2D eigenvalue weighted by Gasteiger charge is -2.08. The van der Waals surface area contributed by atoms with Crippen molar-refractivity contribution < 1.29 is 4.79 Å². The number of hydrogen-bond donors (Lipinski definition) is 2. The molecule has 1 amide bonds. The van der Waals surface area contributed by atoms with E-state index in [-0.39, 0.29) is 18.1 Å². The molecule has 2 heterocycles. The lowest BCUT2D eigenvalue weighted by molar-refractivity contribution is -0.115. The van der Waals surface area contributed by atoms with Gasteiger partial charge in [-0.25, -0.2) is 19.0 Å². The molecule has 0 saturated heterocycles. The fourth-order valence-corrected chi connectivity index (χ4v) is 2.97. The van der Waals surface area contributed by atoms with E-state index in [1.54, 1.807) is 0 Å². The van der Waals surface area contributed by atoms with E-state index < -0.39 is 11.4 Å². The number of benzene rings is 2. The highest BCUT2D eigenvalue weighted by atomic mass is 16.2. The number of amides is 1. The van der Waals surface area contributed by atoms with E-state index in [0.717, 1.165) is 10.8 Å². The number of aryl methyl sites for hydroxylation is 1. The molecular weight excluding hydrogens is 334 g/mol. The highest BCUT2D eigenvalue weighted by molar-refractivity contribution is 6.02. The van der Waals surface area contributed by atoms with Gasteiger partial charge < -0.3 is 5.32 Å². The van der Waals surface area contributed by atoms with Crippen molar-refractivity contribution in [3.63, 3.8) is 0 Å². The van der Waals surface area contributed by atoms with Gasteiger partial charge in [-0.1, -0.05) is 36.4 Å². The third kappa shape index (κ3) is 2.57. The van der Waals surface area contributed by atoms with Gasteiger partial charge in [0.05, 0.1) is 18.3 Å². The average Bonchev–Trinajstić information content (AvgIpc) is 3.04. The van der Waals surface area contributed by atoms with Crippen LogP contribution in [-0.2, 0) is 18.3 Å². The summed E-state index contributed by atoms with van der Waals surface area (Å²) >= 11 is 0. The Morgan fingerprint density at radius 2 is 1.88 bits per heavy atom. The fraction of sp³-hybridized carbons (Fsp3) is 0.111. The van der Waals surface area contributed by atoms with Crippen LogP contribution in [-0.4, -0.2) is 24.8 Å². The highest BCUT2D eigenvalue weighted by Crippen LogP contribution is 2.23. The molecule has 0 aliphatic heterocycles. The lowest BCUT2D eigenvalue weighted by atomic mass is 10.1. The summed E-state index contributed by atoms with van der Waals surface area (Å²) in [5.41, 5.74) is -0.0776. The molecule has 0 spiro atoms. The molecule has 2 aromatic carbocycles. The van der Waals surface area contributed by atoms with E-state index in [2.05, 4.69) is 15.3 Å². The second kappa shape index (κ2) is 5.99. The van der Waals surface area contributed by atoms with E-state index >= 15 is 0 Å². The first-order chi connectivity index (χ1) is 12.5. The van der Waals surface area contributed by atoms with E-state index in [1.165, 1.54) is 22.2 Å². The summed E-state index contributed by atoms with van der Waals surface area (Å²) in [6, 6.07) is 13.4. The van der Waals surface area contributed by atoms with E-state index in [9.17, 15) is 14.4 Å². The van der Waals surface area contributed by atoms with Crippen molar-refractivity contribution in [3.8, 4) is 0 Å². The summed E-state index contributed by atoms with van der Waals surface area (Å²) in [5.74, 6) is -0.0943. The summed E-state index contributed by atoms with van der Waals surface area (Å²) in [5, 5.41) is 4.82. The minimum absolute atomic E-state index is 0.0499. The van der Waals surface area contributed by atoms with Gasteiger partial charge in [-0.3, -0.25) is 14.3 Å². The summed E-state index contributed by atoms with van der Waals surface area (Å²) in [6.07, 6.45) is 1.37. The van der Waals surface area contributed by atoms with Crippen LogP contribution >= 0.6 is 0 Å². The van der Waals surface area contributed by atoms with E-state index in [1.807, 2.05) is 42.5 Å². The largest absolute Gasteiger partial charge is 0.336 e. The van der Waals surface area contributed by atoms with Crippen LogP contribution in [0.15, 0.2) is 58.3 Å². The molecule has 4 aromatic rings. The van der Waals surface area contributed by atoms with Crippen LogP contribution < -0.4 is 16.7 Å². The standard InChI is InChI=1S/C18H15N5O3/c1-22-16-19-10-12(23(16)18(26)21-17(22)25)9-15(24)20-14-8-4-6-11-5-2-3-7-13(11)14/h2-8,10H,9H2,1H3,(H,20,24)(H,21,25,26). The van der Waals surface area contributed by atoms with Crippen LogP contribution in [0.5, 0.6) is 0 Å². The normalized spacial score (nSPS) is 11.1. The van der Waals surface area contributed by atoms with Crippen molar-refractivity contribution in [1.29, 1.82) is 0 Å². The van der Waals surface area contributed by atoms with E-state index in [0.29, 0.717) is 11.4 Å². The molecule has 0 aliphatic rings. The number of carbonyl (C=O) groups excluding carboxylic acids is 1. The third-order valence-corrected chi connectivity index (χ3v) is 4.24. The van der Waals surface area contributed by atoms with Gasteiger partial charge in [-0.15, -0.1) is 0 Å².